The number of rotatable bonds is 3. The molecule has 1 aliphatic rings. The van der Waals surface area contributed by atoms with E-state index < -0.39 is 0 Å². The Morgan fingerprint density at radius 1 is 1.56 bits per heavy atom. The van der Waals surface area contributed by atoms with Gasteiger partial charge in [0.05, 0.1) is 22.7 Å². The number of aliphatic imine (C=N–C) groups is 1. The molecule has 0 saturated carbocycles. The Kier molecular flexibility index (Phi) is 3.38. The lowest BCUT2D eigenvalue weighted by Crippen LogP contribution is -2.01. The molecule has 0 aromatic carbocycles. The van der Waals surface area contributed by atoms with Gasteiger partial charge in [-0.05, 0) is 30.5 Å². The predicted molar refractivity (Wildman–Crippen MR) is 72.4 cm³/mol. The van der Waals surface area contributed by atoms with Crippen LogP contribution in [0.5, 0.6) is 0 Å². The molecule has 0 fully saturated rings. The monoisotopic (exact) mass is 237 g/mol. The highest BCUT2D eigenvalue weighted by Crippen LogP contribution is 2.22. The summed E-state index contributed by atoms with van der Waals surface area (Å²) in [6, 6.07) is 4.04. The second kappa shape index (κ2) is 4.97. The van der Waals surface area contributed by atoms with Crippen LogP contribution in [0.2, 0.25) is 0 Å². The minimum absolute atomic E-state index is 0.614. The third-order valence-electron chi connectivity index (χ3n) is 3.06. The van der Waals surface area contributed by atoms with Crippen molar-refractivity contribution in [2.75, 3.05) is 0 Å². The molecule has 1 aromatic rings. The van der Waals surface area contributed by atoms with Crippen LogP contribution in [-0.2, 0) is 0 Å². The number of hydrogen-bond acceptors (Lipinski definition) is 3. The van der Waals surface area contributed by atoms with Gasteiger partial charge in [0.1, 0.15) is 6.07 Å². The Morgan fingerprint density at radius 3 is 2.94 bits per heavy atom. The standard InChI is InChI=1S/C15H15N3/c1-4-10(2)13-5-6-14(18-13)15-7-11(3)12(8-16)9-17-15/h5,7,9H,2,4,6H2,1,3H3. The zero-order valence-corrected chi connectivity index (χ0v) is 10.7. The van der Waals surface area contributed by atoms with Gasteiger partial charge in [0, 0.05) is 12.6 Å². The highest BCUT2D eigenvalue weighted by atomic mass is 14.8. The van der Waals surface area contributed by atoms with Gasteiger partial charge in [-0.3, -0.25) is 9.98 Å². The lowest BCUT2D eigenvalue weighted by Gasteiger charge is -2.03. The number of aromatic nitrogens is 1. The molecule has 3 heteroatoms. The van der Waals surface area contributed by atoms with E-state index in [1.54, 1.807) is 6.20 Å². The van der Waals surface area contributed by atoms with Crippen LogP contribution in [-0.4, -0.2) is 10.7 Å². The van der Waals surface area contributed by atoms with Gasteiger partial charge in [0.2, 0.25) is 0 Å². The van der Waals surface area contributed by atoms with Gasteiger partial charge in [-0.15, -0.1) is 0 Å². The minimum atomic E-state index is 0.614. The predicted octanol–water partition coefficient (Wildman–Crippen LogP) is 3.30. The molecule has 0 unspecified atom stereocenters. The average molecular weight is 237 g/mol. The van der Waals surface area contributed by atoms with E-state index in [4.69, 9.17) is 5.26 Å². The molecule has 0 bridgehead atoms. The highest BCUT2D eigenvalue weighted by molar-refractivity contribution is 6.02. The Hall–Kier alpha value is -2.21. The summed E-state index contributed by atoms with van der Waals surface area (Å²) >= 11 is 0. The van der Waals surface area contributed by atoms with E-state index in [1.807, 2.05) is 13.0 Å². The molecule has 0 N–H and O–H groups in total. The van der Waals surface area contributed by atoms with Crippen LogP contribution in [0.15, 0.2) is 41.2 Å². The summed E-state index contributed by atoms with van der Waals surface area (Å²) in [6.45, 7) is 7.97. The SMILES string of the molecule is C=C(CC)C1=CCC(c2cc(C)c(C#N)cn2)=N1. The Labute approximate surface area is 107 Å². The summed E-state index contributed by atoms with van der Waals surface area (Å²) in [5.41, 5.74) is 5.37. The van der Waals surface area contributed by atoms with Crippen LogP contribution >= 0.6 is 0 Å². The molecule has 0 spiro atoms. The van der Waals surface area contributed by atoms with Crippen molar-refractivity contribution in [1.82, 2.24) is 4.98 Å². The number of allylic oxidation sites excluding steroid dienone is 2. The molecular formula is C15H15N3. The summed E-state index contributed by atoms with van der Waals surface area (Å²) in [5.74, 6) is 0. The van der Waals surface area contributed by atoms with E-state index in [1.165, 1.54) is 0 Å². The first-order valence-corrected chi connectivity index (χ1v) is 5.98. The molecule has 3 nitrogen and oxygen atoms in total. The van der Waals surface area contributed by atoms with Crippen LogP contribution in [0.3, 0.4) is 0 Å². The van der Waals surface area contributed by atoms with Crippen LogP contribution in [0.4, 0.5) is 0 Å². The third kappa shape index (κ3) is 2.23. The van der Waals surface area contributed by atoms with Crippen molar-refractivity contribution in [3.05, 3.63) is 53.0 Å². The van der Waals surface area contributed by atoms with Crippen molar-refractivity contribution in [3.8, 4) is 6.07 Å². The van der Waals surface area contributed by atoms with Crippen LogP contribution in [0, 0.1) is 18.3 Å². The lowest BCUT2D eigenvalue weighted by molar-refractivity contribution is 1.10. The first-order chi connectivity index (χ1) is 8.65. The number of pyridine rings is 1. The molecule has 90 valence electrons. The maximum absolute atomic E-state index is 8.88. The summed E-state index contributed by atoms with van der Waals surface area (Å²) in [4.78, 5) is 8.85. The Morgan fingerprint density at radius 2 is 2.33 bits per heavy atom. The largest absolute Gasteiger partial charge is 0.254 e. The van der Waals surface area contributed by atoms with Crippen molar-refractivity contribution in [3.63, 3.8) is 0 Å². The van der Waals surface area contributed by atoms with Gasteiger partial charge in [0.25, 0.3) is 0 Å². The summed E-state index contributed by atoms with van der Waals surface area (Å²) in [7, 11) is 0. The molecule has 1 aliphatic heterocycles. The van der Waals surface area contributed by atoms with E-state index in [0.29, 0.717) is 5.56 Å². The fraction of sp³-hybridized carbons (Fsp3) is 0.267. The first-order valence-electron chi connectivity index (χ1n) is 5.98. The first kappa shape index (κ1) is 12.3. The van der Waals surface area contributed by atoms with E-state index in [2.05, 4.69) is 35.6 Å². The maximum Gasteiger partial charge on any atom is 0.101 e. The lowest BCUT2D eigenvalue weighted by atomic mass is 10.1. The summed E-state index contributed by atoms with van der Waals surface area (Å²) in [6.07, 6.45) is 5.38. The van der Waals surface area contributed by atoms with Gasteiger partial charge in [0.15, 0.2) is 0 Å². The number of nitrogens with zero attached hydrogens (tertiary/aromatic N) is 3. The fourth-order valence-corrected chi connectivity index (χ4v) is 1.83. The average Bonchev–Trinajstić information content (AvgIpc) is 2.87. The molecule has 2 heterocycles. The smallest absolute Gasteiger partial charge is 0.101 e. The molecular weight excluding hydrogens is 222 g/mol. The third-order valence-corrected chi connectivity index (χ3v) is 3.06. The molecule has 1 aromatic heterocycles. The summed E-state index contributed by atoms with van der Waals surface area (Å²) in [5, 5.41) is 8.88. The molecule has 2 rings (SSSR count). The van der Waals surface area contributed by atoms with Gasteiger partial charge in [-0.2, -0.15) is 5.26 Å². The zero-order valence-electron chi connectivity index (χ0n) is 10.7. The van der Waals surface area contributed by atoms with Gasteiger partial charge in [-0.1, -0.05) is 19.6 Å². The molecule has 0 amide bonds. The topological polar surface area (TPSA) is 49.0 Å². The van der Waals surface area contributed by atoms with Gasteiger partial charge < -0.3 is 0 Å². The molecule has 18 heavy (non-hydrogen) atoms. The van der Waals surface area contributed by atoms with Crippen LogP contribution in [0.1, 0.15) is 36.6 Å². The molecule has 0 atom stereocenters. The molecule has 0 saturated heterocycles. The normalized spacial score (nSPS) is 13.8. The van der Waals surface area contributed by atoms with Gasteiger partial charge in [-0.25, -0.2) is 0 Å². The van der Waals surface area contributed by atoms with Crippen molar-refractivity contribution >= 4 is 5.71 Å². The Bertz CT molecular complexity index is 601. The van der Waals surface area contributed by atoms with E-state index in [0.717, 1.165) is 41.1 Å². The molecule has 0 radical (unpaired) electrons. The number of nitriles is 1. The van der Waals surface area contributed by atoms with Crippen molar-refractivity contribution < 1.29 is 0 Å². The fourth-order valence-electron chi connectivity index (χ4n) is 1.83. The van der Waals surface area contributed by atoms with Crippen LogP contribution in [0.25, 0.3) is 0 Å². The van der Waals surface area contributed by atoms with Crippen LogP contribution < -0.4 is 0 Å². The van der Waals surface area contributed by atoms with Crippen molar-refractivity contribution in [1.29, 1.82) is 5.26 Å². The zero-order chi connectivity index (χ0) is 13.1. The summed E-state index contributed by atoms with van der Waals surface area (Å²) < 4.78 is 0. The van der Waals surface area contributed by atoms with E-state index in [-0.39, 0.29) is 0 Å². The Balaban J connectivity index is 2.28. The highest BCUT2D eigenvalue weighted by Gasteiger charge is 2.14. The second-order valence-electron chi connectivity index (χ2n) is 4.31. The minimum Gasteiger partial charge on any atom is -0.254 e. The molecule has 0 aliphatic carbocycles. The van der Waals surface area contributed by atoms with E-state index >= 15 is 0 Å². The van der Waals surface area contributed by atoms with Crippen molar-refractivity contribution in [2.45, 2.75) is 26.7 Å². The van der Waals surface area contributed by atoms with E-state index in [9.17, 15) is 0 Å². The quantitative estimate of drug-likeness (QED) is 0.809. The number of hydrogen-bond donors (Lipinski definition) is 0. The van der Waals surface area contributed by atoms with Crippen molar-refractivity contribution in [2.24, 2.45) is 4.99 Å². The number of aryl methyl sites for hydroxylation is 1. The van der Waals surface area contributed by atoms with Gasteiger partial charge >= 0.3 is 0 Å². The maximum atomic E-state index is 8.88. The second-order valence-corrected chi connectivity index (χ2v) is 4.31.